The van der Waals surface area contributed by atoms with Crippen molar-refractivity contribution >= 4 is 22.6 Å². The van der Waals surface area contributed by atoms with Gasteiger partial charge in [-0.1, -0.05) is 30.3 Å². The van der Waals surface area contributed by atoms with Crippen LogP contribution < -0.4 is 4.74 Å². The van der Waals surface area contributed by atoms with E-state index in [0.29, 0.717) is 24.4 Å². The van der Waals surface area contributed by atoms with E-state index in [0.717, 1.165) is 16.8 Å². The quantitative estimate of drug-likeness (QED) is 0.346. The Morgan fingerprint density at radius 2 is 1.93 bits per heavy atom. The third-order valence-electron chi connectivity index (χ3n) is 4.65. The van der Waals surface area contributed by atoms with Gasteiger partial charge in [-0.25, -0.2) is 4.98 Å². The number of hydrogen-bond donors (Lipinski definition) is 1. The van der Waals surface area contributed by atoms with Gasteiger partial charge in [0.25, 0.3) is 0 Å². The van der Waals surface area contributed by atoms with Crippen LogP contribution in [0.1, 0.15) is 24.7 Å². The largest absolute Gasteiger partial charge is 0.507 e. The van der Waals surface area contributed by atoms with Gasteiger partial charge in [0.1, 0.15) is 24.0 Å². The van der Waals surface area contributed by atoms with Crippen LogP contribution in [0.4, 0.5) is 0 Å². The van der Waals surface area contributed by atoms with Gasteiger partial charge in [0.05, 0.1) is 17.6 Å². The number of aliphatic hydroxyl groups is 1. The molecule has 0 saturated carbocycles. The number of fused-ring (bicyclic) bond motifs is 1. The first-order valence-electron chi connectivity index (χ1n) is 9.65. The molecule has 0 bridgehead atoms. The van der Waals surface area contributed by atoms with E-state index in [4.69, 9.17) is 9.47 Å². The lowest BCUT2D eigenvalue weighted by Gasteiger charge is -2.10. The van der Waals surface area contributed by atoms with Crippen LogP contribution in [0, 0.1) is 11.3 Å². The van der Waals surface area contributed by atoms with Crippen molar-refractivity contribution in [2.45, 2.75) is 19.8 Å². The molecular formula is C23H23N3O4. The molecule has 0 fully saturated rings. The molecule has 0 aliphatic carbocycles. The molecule has 0 aliphatic rings. The maximum Gasteiger partial charge on any atom is 0.306 e. The molecule has 2 aromatic carbocycles. The lowest BCUT2D eigenvalue weighted by molar-refractivity contribution is -0.143. The van der Waals surface area contributed by atoms with Crippen LogP contribution in [0.15, 0.2) is 54.3 Å². The normalized spacial score (nSPS) is 11.6. The molecule has 0 spiro atoms. The molecule has 0 amide bonds. The van der Waals surface area contributed by atoms with Crippen molar-refractivity contribution in [3.8, 4) is 11.8 Å². The SMILES string of the molecule is CCOc1ccccc1CCC(=O)OC/C(O)=C(\C#N)c1nc2ccccc2n1C. The standard InChI is InChI=1S/C23H23N3O4/c1-3-29-21-11-7-4-8-16(21)12-13-22(28)30-15-20(27)17(14-24)23-25-18-9-5-6-10-19(18)26(23)2/h4-11,27H,3,12-13,15H2,1-2H3/b20-17-. The van der Waals surface area contributed by atoms with Crippen LogP contribution in [0.2, 0.25) is 0 Å². The van der Waals surface area contributed by atoms with Crippen molar-refractivity contribution in [2.24, 2.45) is 7.05 Å². The number of aryl methyl sites for hydroxylation is 2. The monoisotopic (exact) mass is 405 g/mol. The number of aromatic nitrogens is 2. The first-order valence-corrected chi connectivity index (χ1v) is 9.65. The Labute approximate surface area is 174 Å². The Morgan fingerprint density at radius 3 is 2.67 bits per heavy atom. The van der Waals surface area contributed by atoms with Crippen LogP contribution in [-0.4, -0.2) is 33.8 Å². The molecule has 1 N–H and O–H groups in total. The minimum atomic E-state index is -0.477. The number of hydrogen-bond acceptors (Lipinski definition) is 6. The highest BCUT2D eigenvalue weighted by Gasteiger charge is 2.17. The van der Waals surface area contributed by atoms with Crippen molar-refractivity contribution in [1.29, 1.82) is 5.26 Å². The number of nitrogens with zero attached hydrogens (tertiary/aromatic N) is 3. The van der Waals surface area contributed by atoms with Crippen molar-refractivity contribution in [2.75, 3.05) is 13.2 Å². The van der Waals surface area contributed by atoms with Gasteiger partial charge in [0.2, 0.25) is 0 Å². The summed E-state index contributed by atoms with van der Waals surface area (Å²) in [6, 6.07) is 16.9. The maximum atomic E-state index is 12.1. The van der Waals surface area contributed by atoms with Crippen molar-refractivity contribution < 1.29 is 19.4 Å². The summed E-state index contributed by atoms with van der Waals surface area (Å²) in [5.41, 5.74) is 2.43. The predicted molar refractivity (Wildman–Crippen MR) is 113 cm³/mol. The second-order valence-corrected chi connectivity index (χ2v) is 6.62. The third kappa shape index (κ3) is 4.61. The highest BCUT2D eigenvalue weighted by molar-refractivity contribution is 5.84. The molecule has 7 nitrogen and oxygen atoms in total. The Balaban J connectivity index is 1.66. The Kier molecular flexibility index (Phi) is 6.71. The third-order valence-corrected chi connectivity index (χ3v) is 4.65. The van der Waals surface area contributed by atoms with Gasteiger partial charge < -0.3 is 19.1 Å². The molecule has 0 unspecified atom stereocenters. The van der Waals surface area contributed by atoms with Gasteiger partial charge in [0.15, 0.2) is 11.6 Å². The number of carbonyl (C=O) groups excluding carboxylic acids is 1. The molecule has 0 atom stereocenters. The van der Waals surface area contributed by atoms with Crippen LogP contribution >= 0.6 is 0 Å². The highest BCUT2D eigenvalue weighted by Crippen LogP contribution is 2.22. The minimum absolute atomic E-state index is 0.0248. The molecule has 1 aromatic heterocycles. The number of nitriles is 1. The van der Waals surface area contributed by atoms with E-state index >= 15 is 0 Å². The fourth-order valence-electron chi connectivity index (χ4n) is 3.15. The number of rotatable bonds is 8. The summed E-state index contributed by atoms with van der Waals surface area (Å²) in [5, 5.41) is 19.9. The van der Waals surface area contributed by atoms with Gasteiger partial charge in [-0.3, -0.25) is 4.79 Å². The van der Waals surface area contributed by atoms with Gasteiger partial charge in [-0.15, -0.1) is 0 Å². The number of aliphatic hydroxyl groups excluding tert-OH is 1. The molecule has 0 aliphatic heterocycles. The number of allylic oxidation sites excluding steroid dienone is 1. The molecule has 0 saturated heterocycles. The van der Waals surface area contributed by atoms with Crippen molar-refractivity contribution in [3.05, 3.63) is 65.7 Å². The number of imidazole rings is 1. The van der Waals surface area contributed by atoms with Gasteiger partial charge in [-0.05, 0) is 37.1 Å². The first-order chi connectivity index (χ1) is 14.5. The summed E-state index contributed by atoms with van der Waals surface area (Å²) >= 11 is 0. The molecule has 3 rings (SSSR count). The average molecular weight is 405 g/mol. The van der Waals surface area contributed by atoms with Crippen LogP contribution in [0.3, 0.4) is 0 Å². The van der Waals surface area contributed by atoms with Crippen molar-refractivity contribution in [1.82, 2.24) is 9.55 Å². The Hall–Kier alpha value is -3.79. The highest BCUT2D eigenvalue weighted by atomic mass is 16.5. The predicted octanol–water partition coefficient (Wildman–Crippen LogP) is 3.94. The number of ether oxygens (including phenoxy) is 2. The van der Waals surface area contributed by atoms with Crippen LogP contribution in [-0.2, 0) is 23.0 Å². The van der Waals surface area contributed by atoms with Crippen molar-refractivity contribution in [3.63, 3.8) is 0 Å². The fraction of sp³-hybridized carbons (Fsp3) is 0.261. The molecule has 0 radical (unpaired) electrons. The molecular weight excluding hydrogens is 382 g/mol. The zero-order chi connectivity index (χ0) is 21.5. The number of carbonyl (C=O) groups is 1. The maximum absolute atomic E-state index is 12.1. The summed E-state index contributed by atoms with van der Waals surface area (Å²) in [6.07, 6.45) is 0.584. The summed E-state index contributed by atoms with van der Waals surface area (Å²) in [4.78, 5) is 16.5. The van der Waals surface area contributed by atoms with E-state index in [1.54, 1.807) is 11.6 Å². The van der Waals surface area contributed by atoms with Crippen LogP contribution in [0.25, 0.3) is 16.6 Å². The van der Waals surface area contributed by atoms with E-state index < -0.39 is 12.6 Å². The Morgan fingerprint density at radius 1 is 1.20 bits per heavy atom. The molecule has 1 heterocycles. The zero-order valence-corrected chi connectivity index (χ0v) is 17.0. The molecule has 7 heteroatoms. The molecule has 3 aromatic rings. The summed E-state index contributed by atoms with van der Waals surface area (Å²) < 4.78 is 12.4. The number of esters is 1. The first kappa shape index (κ1) is 20.9. The summed E-state index contributed by atoms with van der Waals surface area (Å²) in [6.45, 7) is 2.05. The molecule has 154 valence electrons. The van der Waals surface area contributed by atoms with Crippen LogP contribution in [0.5, 0.6) is 5.75 Å². The van der Waals surface area contributed by atoms with Gasteiger partial charge >= 0.3 is 5.97 Å². The number of para-hydroxylation sites is 3. The topological polar surface area (TPSA) is 97.4 Å². The molecule has 30 heavy (non-hydrogen) atoms. The van der Waals surface area contributed by atoms with E-state index in [2.05, 4.69) is 4.98 Å². The smallest absolute Gasteiger partial charge is 0.306 e. The minimum Gasteiger partial charge on any atom is -0.507 e. The summed E-state index contributed by atoms with van der Waals surface area (Å²) in [7, 11) is 1.76. The zero-order valence-electron chi connectivity index (χ0n) is 17.0. The lowest BCUT2D eigenvalue weighted by Crippen LogP contribution is -2.11. The van der Waals surface area contributed by atoms with Gasteiger partial charge in [0, 0.05) is 13.5 Å². The second-order valence-electron chi connectivity index (χ2n) is 6.62. The number of benzene rings is 2. The average Bonchev–Trinajstić information content (AvgIpc) is 3.09. The Bertz CT molecular complexity index is 1120. The lowest BCUT2D eigenvalue weighted by atomic mass is 10.1. The van der Waals surface area contributed by atoms with E-state index in [1.165, 1.54) is 0 Å². The fourth-order valence-corrected chi connectivity index (χ4v) is 3.15. The second kappa shape index (κ2) is 9.61. The van der Waals surface area contributed by atoms with E-state index in [1.807, 2.05) is 61.5 Å². The van der Waals surface area contributed by atoms with Gasteiger partial charge in [-0.2, -0.15) is 5.26 Å². The van der Waals surface area contributed by atoms with E-state index in [9.17, 15) is 15.2 Å². The van der Waals surface area contributed by atoms with E-state index in [-0.39, 0.29) is 17.8 Å². The summed E-state index contributed by atoms with van der Waals surface area (Å²) in [5.74, 6) is 0.246.